The molecule has 0 saturated carbocycles. The number of H-pyrrole nitrogens is 1. The summed E-state index contributed by atoms with van der Waals surface area (Å²) in [5.41, 5.74) is 9.78. The van der Waals surface area contributed by atoms with Gasteiger partial charge >= 0.3 is 5.97 Å². The summed E-state index contributed by atoms with van der Waals surface area (Å²) in [6, 6.07) is 15.0. The van der Waals surface area contributed by atoms with Crippen molar-refractivity contribution in [3.8, 4) is 22.6 Å². The molecule has 0 aliphatic carbocycles. The Morgan fingerprint density at radius 1 is 1.12 bits per heavy atom. The quantitative estimate of drug-likeness (QED) is 0.331. The summed E-state index contributed by atoms with van der Waals surface area (Å²) in [6.07, 6.45) is 1.84. The van der Waals surface area contributed by atoms with Crippen LogP contribution >= 0.6 is 0 Å². The first kappa shape index (κ1) is 17.2. The third-order valence-corrected chi connectivity index (χ3v) is 3.91. The standard InChI is InChI=1S/C19H19N5O2/c20-18(21)13-3-1-12(2-4-13)16-11-23-19(24-16)14-5-7-15(8-6-14)22-10-9-17(25)26/h1-8,11,22H,9-10H2,(H3,20,21)(H,23,24)(H,25,26). The van der Waals surface area contributed by atoms with Crippen molar-refractivity contribution in [2.75, 3.05) is 11.9 Å². The molecule has 7 nitrogen and oxygen atoms in total. The predicted octanol–water partition coefficient (Wildman–Crippen LogP) is 2.91. The molecular formula is C19H19N5O2. The maximum Gasteiger partial charge on any atom is 0.305 e. The molecule has 132 valence electrons. The lowest BCUT2D eigenvalue weighted by atomic mass is 10.1. The van der Waals surface area contributed by atoms with Crippen molar-refractivity contribution < 1.29 is 9.90 Å². The van der Waals surface area contributed by atoms with Gasteiger partial charge in [0.25, 0.3) is 0 Å². The fraction of sp³-hybridized carbons (Fsp3) is 0.105. The molecule has 7 heteroatoms. The number of aliphatic carboxylic acids is 1. The number of nitrogens with one attached hydrogen (secondary N) is 3. The van der Waals surface area contributed by atoms with Gasteiger partial charge in [-0.15, -0.1) is 0 Å². The minimum Gasteiger partial charge on any atom is -0.481 e. The molecule has 1 heterocycles. The van der Waals surface area contributed by atoms with Crippen LogP contribution in [0.5, 0.6) is 0 Å². The molecule has 26 heavy (non-hydrogen) atoms. The summed E-state index contributed by atoms with van der Waals surface area (Å²) in [7, 11) is 0. The highest BCUT2D eigenvalue weighted by Crippen LogP contribution is 2.23. The molecule has 0 amide bonds. The third-order valence-electron chi connectivity index (χ3n) is 3.91. The van der Waals surface area contributed by atoms with E-state index in [0.717, 1.165) is 28.3 Å². The first-order chi connectivity index (χ1) is 12.5. The summed E-state index contributed by atoms with van der Waals surface area (Å²) in [4.78, 5) is 18.2. The zero-order valence-corrected chi connectivity index (χ0v) is 14.0. The first-order valence-electron chi connectivity index (χ1n) is 8.09. The van der Waals surface area contributed by atoms with Gasteiger partial charge in [0.2, 0.25) is 0 Å². The number of aromatic nitrogens is 2. The summed E-state index contributed by atoms with van der Waals surface area (Å²) in [5, 5.41) is 19.1. The molecule has 0 unspecified atom stereocenters. The zero-order valence-electron chi connectivity index (χ0n) is 14.0. The molecule has 0 aliphatic rings. The van der Waals surface area contributed by atoms with E-state index in [0.29, 0.717) is 12.1 Å². The van der Waals surface area contributed by atoms with Crippen LogP contribution in [-0.4, -0.2) is 33.4 Å². The molecule has 2 aromatic carbocycles. The number of hydrogen-bond acceptors (Lipinski definition) is 4. The minimum absolute atomic E-state index is 0.0407. The van der Waals surface area contributed by atoms with Gasteiger partial charge in [0.05, 0.1) is 18.3 Å². The number of nitrogen functional groups attached to an aromatic ring is 1. The maximum atomic E-state index is 10.5. The third kappa shape index (κ3) is 4.07. The Kier molecular flexibility index (Phi) is 4.98. The summed E-state index contributed by atoms with van der Waals surface area (Å²) >= 11 is 0. The number of carboxylic acid groups (broad SMARTS) is 1. The Balaban J connectivity index is 1.71. The first-order valence-corrected chi connectivity index (χ1v) is 8.09. The average Bonchev–Trinajstić information content (AvgIpc) is 3.12. The number of anilines is 1. The predicted molar refractivity (Wildman–Crippen MR) is 101 cm³/mol. The van der Waals surface area contributed by atoms with Gasteiger partial charge in [-0.25, -0.2) is 4.98 Å². The molecule has 0 atom stereocenters. The number of carboxylic acids is 1. The second-order valence-electron chi connectivity index (χ2n) is 5.78. The lowest BCUT2D eigenvalue weighted by Gasteiger charge is -2.05. The van der Waals surface area contributed by atoms with E-state index < -0.39 is 5.97 Å². The van der Waals surface area contributed by atoms with Crippen molar-refractivity contribution in [3.05, 3.63) is 60.3 Å². The van der Waals surface area contributed by atoms with Gasteiger partial charge in [-0.3, -0.25) is 10.2 Å². The van der Waals surface area contributed by atoms with Crippen LogP contribution in [0, 0.1) is 5.41 Å². The molecule has 1 aromatic heterocycles. The van der Waals surface area contributed by atoms with Gasteiger partial charge in [-0.2, -0.15) is 0 Å². The molecule has 0 spiro atoms. The minimum atomic E-state index is -0.825. The highest BCUT2D eigenvalue weighted by molar-refractivity contribution is 5.95. The number of aromatic amines is 1. The average molecular weight is 349 g/mol. The van der Waals surface area contributed by atoms with Crippen molar-refractivity contribution in [2.24, 2.45) is 5.73 Å². The molecule has 0 fully saturated rings. The highest BCUT2D eigenvalue weighted by Gasteiger charge is 2.06. The fourth-order valence-corrected chi connectivity index (χ4v) is 2.50. The molecule has 0 bridgehead atoms. The van der Waals surface area contributed by atoms with Crippen LogP contribution in [0.4, 0.5) is 5.69 Å². The second kappa shape index (κ2) is 7.52. The van der Waals surface area contributed by atoms with Crippen molar-refractivity contribution in [1.82, 2.24) is 9.97 Å². The topological polar surface area (TPSA) is 128 Å². The van der Waals surface area contributed by atoms with E-state index >= 15 is 0 Å². The van der Waals surface area contributed by atoms with Gasteiger partial charge < -0.3 is 21.1 Å². The Bertz CT molecular complexity index is 914. The second-order valence-corrected chi connectivity index (χ2v) is 5.78. The molecule has 0 saturated heterocycles. The van der Waals surface area contributed by atoms with Crippen LogP contribution in [-0.2, 0) is 4.79 Å². The monoisotopic (exact) mass is 349 g/mol. The molecular weight excluding hydrogens is 330 g/mol. The maximum absolute atomic E-state index is 10.5. The number of rotatable bonds is 7. The Hall–Kier alpha value is -3.61. The van der Waals surface area contributed by atoms with Crippen LogP contribution in [0.15, 0.2) is 54.7 Å². The number of amidine groups is 1. The summed E-state index contributed by atoms with van der Waals surface area (Å²) in [5.74, 6) is -0.0415. The Morgan fingerprint density at radius 3 is 2.38 bits per heavy atom. The van der Waals surface area contributed by atoms with Gasteiger partial charge in [-0.05, 0) is 29.8 Å². The molecule has 0 radical (unpaired) electrons. The lowest BCUT2D eigenvalue weighted by Crippen LogP contribution is -2.10. The van der Waals surface area contributed by atoms with E-state index in [1.807, 2.05) is 36.4 Å². The normalized spacial score (nSPS) is 10.5. The fourth-order valence-electron chi connectivity index (χ4n) is 2.50. The SMILES string of the molecule is N=C(N)c1ccc(-c2cnc(-c3ccc(NCCC(=O)O)cc3)[nH]2)cc1. The number of hydrogen-bond donors (Lipinski definition) is 5. The highest BCUT2D eigenvalue weighted by atomic mass is 16.4. The largest absolute Gasteiger partial charge is 0.481 e. The Labute approximate surface area is 150 Å². The van der Waals surface area contributed by atoms with Crippen LogP contribution in [0.3, 0.4) is 0 Å². The van der Waals surface area contributed by atoms with Crippen LogP contribution in [0.1, 0.15) is 12.0 Å². The number of nitrogens with two attached hydrogens (primary N) is 1. The van der Waals surface area contributed by atoms with E-state index in [1.54, 1.807) is 18.3 Å². The van der Waals surface area contributed by atoms with E-state index in [4.69, 9.17) is 16.2 Å². The van der Waals surface area contributed by atoms with E-state index in [1.165, 1.54) is 0 Å². The molecule has 3 rings (SSSR count). The van der Waals surface area contributed by atoms with Crippen molar-refractivity contribution in [3.63, 3.8) is 0 Å². The van der Waals surface area contributed by atoms with E-state index in [9.17, 15) is 4.79 Å². The van der Waals surface area contributed by atoms with Crippen LogP contribution in [0.2, 0.25) is 0 Å². The number of imidazole rings is 1. The van der Waals surface area contributed by atoms with E-state index in [2.05, 4.69) is 15.3 Å². The number of benzene rings is 2. The van der Waals surface area contributed by atoms with Crippen molar-refractivity contribution in [1.29, 1.82) is 5.41 Å². The van der Waals surface area contributed by atoms with Gasteiger partial charge in [0, 0.05) is 23.4 Å². The zero-order chi connectivity index (χ0) is 18.5. The number of nitrogens with zero attached hydrogens (tertiary/aromatic N) is 1. The van der Waals surface area contributed by atoms with Gasteiger partial charge in [-0.1, -0.05) is 24.3 Å². The van der Waals surface area contributed by atoms with Gasteiger partial charge in [0.15, 0.2) is 0 Å². The van der Waals surface area contributed by atoms with E-state index in [-0.39, 0.29) is 12.3 Å². The molecule has 3 aromatic rings. The summed E-state index contributed by atoms with van der Waals surface area (Å²) < 4.78 is 0. The Morgan fingerprint density at radius 2 is 1.77 bits per heavy atom. The molecule has 0 aliphatic heterocycles. The van der Waals surface area contributed by atoms with Crippen molar-refractivity contribution >= 4 is 17.5 Å². The molecule has 6 N–H and O–H groups in total. The van der Waals surface area contributed by atoms with Crippen LogP contribution in [0.25, 0.3) is 22.6 Å². The number of carbonyl (C=O) groups is 1. The summed E-state index contributed by atoms with van der Waals surface area (Å²) in [6.45, 7) is 0.385. The van der Waals surface area contributed by atoms with Crippen molar-refractivity contribution in [2.45, 2.75) is 6.42 Å². The smallest absolute Gasteiger partial charge is 0.305 e. The lowest BCUT2D eigenvalue weighted by molar-refractivity contribution is -0.136. The van der Waals surface area contributed by atoms with Crippen LogP contribution < -0.4 is 11.1 Å². The van der Waals surface area contributed by atoms with Gasteiger partial charge in [0.1, 0.15) is 11.7 Å².